The van der Waals surface area contributed by atoms with Crippen LogP contribution in [0.4, 0.5) is 39.5 Å². The van der Waals surface area contributed by atoms with E-state index in [9.17, 15) is 54.4 Å². The molecule has 18 heteroatoms. The molecule has 0 bridgehead atoms. The minimum Gasteiger partial charge on any atom is -0.691 e. The van der Waals surface area contributed by atoms with Gasteiger partial charge in [0.2, 0.25) is 0 Å². The number of hydrogen-bond acceptors (Lipinski definition) is 8. The molecule has 0 aliphatic carbocycles. The molecule has 0 aromatic rings. The molecule has 0 N–H and O–H groups in total. The number of carbonyl (C=O) groups is 2. The van der Waals surface area contributed by atoms with Crippen LogP contribution in [0.15, 0.2) is 0 Å². The molecular weight excluding hydrogens is 578 g/mol. The Kier molecular flexibility index (Phi) is 19.6. The minimum absolute atomic E-state index is 0. The molecule has 38 heavy (non-hydrogen) atoms. The molecule has 0 amide bonds. The van der Waals surface area contributed by atoms with Crippen LogP contribution in [0.2, 0.25) is 0 Å². The van der Waals surface area contributed by atoms with Crippen molar-refractivity contribution in [1.82, 2.24) is 0 Å². The van der Waals surface area contributed by atoms with Crippen LogP contribution >= 0.6 is 12.0 Å². The zero-order valence-corrected chi connectivity index (χ0v) is 23.5. The van der Waals surface area contributed by atoms with Crippen molar-refractivity contribution in [1.29, 1.82) is 0 Å². The summed E-state index contributed by atoms with van der Waals surface area (Å²) in [6.07, 6.45) is -2.67. The van der Waals surface area contributed by atoms with E-state index in [0.717, 1.165) is 44.9 Å². The predicted molar refractivity (Wildman–Crippen MR) is 108 cm³/mol. The molecule has 220 valence electrons. The Balaban J connectivity index is 0. The molecule has 0 spiro atoms. The van der Waals surface area contributed by atoms with Gasteiger partial charge in [-0.2, -0.15) is 43.8 Å². The van der Waals surface area contributed by atoms with Gasteiger partial charge in [-0.05, 0) is 6.42 Å². The van der Waals surface area contributed by atoms with E-state index in [1.54, 1.807) is 0 Å². The van der Waals surface area contributed by atoms with Crippen molar-refractivity contribution >= 4 is 24.0 Å². The summed E-state index contributed by atoms with van der Waals surface area (Å²) in [6.45, 7) is 0.314. The molecule has 0 saturated heterocycles. The first kappa shape index (κ1) is 39.7. The van der Waals surface area contributed by atoms with Gasteiger partial charge in [0.1, 0.15) is 5.25 Å². The van der Waals surface area contributed by atoms with E-state index in [2.05, 4.69) is 21.0 Å². The third-order valence-corrected chi connectivity index (χ3v) is 5.65. The quantitative estimate of drug-likeness (QED) is 0.0398. The third-order valence-electron chi connectivity index (χ3n) is 4.93. The molecule has 7 nitrogen and oxygen atoms in total. The summed E-state index contributed by atoms with van der Waals surface area (Å²) >= 11 is -0.129. The first-order chi connectivity index (χ1) is 17.0. The molecule has 0 aliphatic heterocycles. The Morgan fingerprint density at radius 3 is 1.82 bits per heavy atom. The van der Waals surface area contributed by atoms with Crippen molar-refractivity contribution in [3.8, 4) is 0 Å². The number of ether oxygens (including phenoxy) is 2. The summed E-state index contributed by atoms with van der Waals surface area (Å²) in [6, 6.07) is 0. The standard InChI is InChI=1S/C20H29F9O7S.Na/c1-2-3-4-5-6-7-8-9-11-33-15(30)13-14(37-36-35-32)16(31)34-12-10-17(21,22)18(23,24)19(25,26)20(27,28)29;/h14,32H,2-13H2,1H3;/q;+1/p-1. The van der Waals surface area contributed by atoms with E-state index in [-0.39, 0.29) is 48.2 Å². The maximum absolute atomic E-state index is 13.5. The zero-order valence-electron chi connectivity index (χ0n) is 20.7. The summed E-state index contributed by atoms with van der Waals surface area (Å²) in [5, 5.41) is 11.2. The SMILES string of the molecule is CCCCCCCCCCOC(=O)CC(SOO[O-])C(=O)OCCC(F)(F)C(F)(F)C(F)(F)C(F)(F)F.[Na+]. The van der Waals surface area contributed by atoms with Gasteiger partial charge < -0.3 is 14.7 Å². The predicted octanol–water partition coefficient (Wildman–Crippen LogP) is 2.71. The third kappa shape index (κ3) is 13.3. The number of rotatable bonds is 20. The molecule has 0 radical (unpaired) electrons. The van der Waals surface area contributed by atoms with Crippen LogP contribution in [-0.2, 0) is 28.4 Å². The van der Waals surface area contributed by atoms with Gasteiger partial charge in [-0.3, -0.25) is 14.6 Å². The molecule has 0 aliphatic rings. The Hall–Kier alpha value is -0.460. The van der Waals surface area contributed by atoms with Crippen LogP contribution in [0, 0.1) is 0 Å². The maximum Gasteiger partial charge on any atom is 1.00 e. The summed E-state index contributed by atoms with van der Waals surface area (Å²) < 4.78 is 129. The smallest absolute Gasteiger partial charge is 0.691 e. The molecule has 0 aromatic carbocycles. The second-order valence-electron chi connectivity index (χ2n) is 7.89. The van der Waals surface area contributed by atoms with Crippen LogP contribution in [0.25, 0.3) is 0 Å². The molecule has 1 unspecified atom stereocenters. The number of halogens is 9. The van der Waals surface area contributed by atoms with E-state index < -0.39 is 60.6 Å². The topological polar surface area (TPSA) is 94.1 Å². The second-order valence-corrected chi connectivity index (χ2v) is 8.79. The molecule has 0 saturated carbocycles. The fourth-order valence-corrected chi connectivity index (χ4v) is 3.27. The van der Waals surface area contributed by atoms with Gasteiger partial charge in [0, 0.05) is 12.0 Å². The summed E-state index contributed by atoms with van der Waals surface area (Å²) in [4.78, 5) is 23.8. The van der Waals surface area contributed by atoms with Crippen LogP contribution in [0.1, 0.15) is 71.1 Å². The Morgan fingerprint density at radius 1 is 0.789 bits per heavy atom. The van der Waals surface area contributed by atoms with Crippen LogP contribution in [-0.4, -0.2) is 54.3 Å². The Morgan fingerprint density at radius 2 is 1.32 bits per heavy atom. The number of hydrogen-bond donors (Lipinski definition) is 0. The van der Waals surface area contributed by atoms with Gasteiger partial charge in [-0.15, -0.1) is 0 Å². The zero-order chi connectivity index (χ0) is 28.8. The fraction of sp³-hybridized carbons (Fsp3) is 0.900. The van der Waals surface area contributed by atoms with Crippen LogP contribution in [0.3, 0.4) is 0 Å². The average molecular weight is 606 g/mol. The summed E-state index contributed by atoms with van der Waals surface area (Å²) in [7, 11) is 0. The first-order valence-corrected chi connectivity index (χ1v) is 12.0. The van der Waals surface area contributed by atoms with Crippen molar-refractivity contribution in [2.45, 2.75) is 100 Å². The van der Waals surface area contributed by atoms with Gasteiger partial charge in [-0.1, -0.05) is 51.9 Å². The van der Waals surface area contributed by atoms with Gasteiger partial charge in [0.25, 0.3) is 0 Å². The summed E-state index contributed by atoms with van der Waals surface area (Å²) in [5.41, 5.74) is 0. The Bertz CT molecular complexity index is 686. The summed E-state index contributed by atoms with van der Waals surface area (Å²) in [5.74, 6) is -22.5. The van der Waals surface area contributed by atoms with Crippen LogP contribution < -0.4 is 34.8 Å². The number of alkyl halides is 9. The van der Waals surface area contributed by atoms with Crippen molar-refractivity contribution < 1.29 is 103 Å². The molecular formula is C20H28F9NaO7S. The van der Waals surface area contributed by atoms with Crippen molar-refractivity contribution in [3.05, 3.63) is 0 Å². The van der Waals surface area contributed by atoms with Gasteiger partial charge in [0.15, 0.2) is 0 Å². The largest absolute Gasteiger partial charge is 1.00 e. The van der Waals surface area contributed by atoms with Gasteiger partial charge >= 0.3 is 65.4 Å². The van der Waals surface area contributed by atoms with Gasteiger partial charge in [0.05, 0.1) is 26.1 Å². The molecule has 0 rings (SSSR count). The van der Waals surface area contributed by atoms with Gasteiger partial charge in [-0.25, -0.2) is 0 Å². The van der Waals surface area contributed by atoms with E-state index in [0.29, 0.717) is 6.42 Å². The monoisotopic (exact) mass is 606 g/mol. The average Bonchev–Trinajstić information content (AvgIpc) is 2.79. The van der Waals surface area contributed by atoms with E-state index in [1.165, 1.54) is 0 Å². The molecule has 0 heterocycles. The minimum atomic E-state index is -7.08. The first-order valence-electron chi connectivity index (χ1n) is 11.2. The van der Waals surface area contributed by atoms with E-state index in [4.69, 9.17) is 4.74 Å². The second kappa shape index (κ2) is 18.8. The van der Waals surface area contributed by atoms with Crippen molar-refractivity contribution in [2.24, 2.45) is 0 Å². The maximum atomic E-state index is 13.5. The van der Waals surface area contributed by atoms with E-state index >= 15 is 0 Å². The van der Waals surface area contributed by atoms with Crippen LogP contribution in [0.5, 0.6) is 0 Å². The molecule has 0 aromatic heterocycles. The Labute approximate surface area is 239 Å². The van der Waals surface area contributed by atoms with Crippen molar-refractivity contribution in [2.75, 3.05) is 13.2 Å². The number of unbranched alkanes of at least 4 members (excludes halogenated alkanes) is 7. The fourth-order valence-electron chi connectivity index (χ4n) is 2.79. The number of carbonyl (C=O) groups excluding carboxylic acids is 2. The molecule has 0 fully saturated rings. The molecule has 1 atom stereocenters. The van der Waals surface area contributed by atoms with Crippen molar-refractivity contribution in [3.63, 3.8) is 0 Å². The normalized spacial score (nSPS) is 13.6. The number of esters is 2. The van der Waals surface area contributed by atoms with E-state index in [1.807, 2.05) is 0 Å².